The summed E-state index contributed by atoms with van der Waals surface area (Å²) in [6.07, 6.45) is 3.33. The van der Waals surface area contributed by atoms with Gasteiger partial charge in [0, 0.05) is 6.54 Å². The zero-order valence-electron chi connectivity index (χ0n) is 6.43. The maximum absolute atomic E-state index is 9.94. The molecule has 0 aromatic rings. The van der Waals surface area contributed by atoms with Crippen molar-refractivity contribution in [1.29, 1.82) is 0 Å². The molecule has 0 aromatic carbocycles. The molecular weight excluding hydrogens is 126 g/mol. The second kappa shape index (κ2) is 1.56. The van der Waals surface area contributed by atoms with Crippen molar-refractivity contribution >= 4 is 0 Å². The summed E-state index contributed by atoms with van der Waals surface area (Å²) in [5, 5.41) is 9.94. The second-order valence-corrected chi connectivity index (χ2v) is 4.27. The number of hydrogen-bond donors (Lipinski definition) is 2. The Bertz CT molecular complexity index is 163. The van der Waals surface area contributed by atoms with E-state index in [1.54, 1.807) is 0 Å². The number of rotatable bonds is 1. The van der Waals surface area contributed by atoms with Crippen LogP contribution in [0.15, 0.2) is 0 Å². The van der Waals surface area contributed by atoms with Crippen molar-refractivity contribution in [3.63, 3.8) is 0 Å². The van der Waals surface area contributed by atoms with E-state index in [9.17, 15) is 5.11 Å². The van der Waals surface area contributed by atoms with E-state index in [0.717, 1.165) is 12.3 Å². The first kappa shape index (κ1) is 6.62. The molecule has 0 saturated heterocycles. The van der Waals surface area contributed by atoms with E-state index in [4.69, 9.17) is 5.73 Å². The Labute approximate surface area is 61.4 Å². The molecule has 3 rings (SSSR count). The summed E-state index contributed by atoms with van der Waals surface area (Å²) in [7, 11) is 0. The molecule has 1 unspecified atom stereocenters. The van der Waals surface area contributed by atoms with Gasteiger partial charge in [-0.25, -0.2) is 0 Å². The highest BCUT2D eigenvalue weighted by atomic mass is 16.3. The van der Waals surface area contributed by atoms with Crippen molar-refractivity contribution in [2.45, 2.75) is 31.8 Å². The van der Waals surface area contributed by atoms with E-state index < -0.39 is 5.60 Å². The van der Waals surface area contributed by atoms with Gasteiger partial charge in [0.15, 0.2) is 0 Å². The van der Waals surface area contributed by atoms with Gasteiger partial charge in [-0.2, -0.15) is 0 Å². The zero-order chi connectivity index (χ0) is 7.41. The van der Waals surface area contributed by atoms with Crippen LogP contribution in [0.1, 0.15) is 26.2 Å². The van der Waals surface area contributed by atoms with Crippen molar-refractivity contribution in [1.82, 2.24) is 0 Å². The average molecular weight is 141 g/mol. The minimum atomic E-state index is -0.516. The van der Waals surface area contributed by atoms with Crippen molar-refractivity contribution in [2.75, 3.05) is 6.54 Å². The van der Waals surface area contributed by atoms with E-state index >= 15 is 0 Å². The molecule has 0 amide bonds. The maximum Gasteiger partial charge on any atom is 0.0825 e. The second-order valence-electron chi connectivity index (χ2n) is 4.27. The monoisotopic (exact) mass is 141 g/mol. The van der Waals surface area contributed by atoms with Crippen LogP contribution < -0.4 is 5.73 Å². The Hall–Kier alpha value is -0.0800. The van der Waals surface area contributed by atoms with Gasteiger partial charge in [0.2, 0.25) is 0 Å². The standard InChI is InChI=1S/C8H15NO/c1-7-2-6(3-7)4-8(7,10)5-9/h6,10H,2-5,9H2,1H3. The molecule has 3 aliphatic carbocycles. The molecule has 3 aliphatic rings. The predicted octanol–water partition coefficient (Wildman–Crippen LogP) is 0.496. The minimum Gasteiger partial charge on any atom is -0.388 e. The van der Waals surface area contributed by atoms with Gasteiger partial charge in [-0.3, -0.25) is 0 Å². The number of hydrogen-bond acceptors (Lipinski definition) is 2. The lowest BCUT2D eigenvalue weighted by Crippen LogP contribution is -2.47. The van der Waals surface area contributed by atoms with Crippen LogP contribution in [0.25, 0.3) is 0 Å². The van der Waals surface area contributed by atoms with E-state index in [-0.39, 0.29) is 5.41 Å². The minimum absolute atomic E-state index is 0.173. The molecule has 3 N–H and O–H groups in total. The molecular formula is C8H15NO. The summed E-state index contributed by atoms with van der Waals surface area (Å²) in [6.45, 7) is 2.60. The molecule has 10 heavy (non-hydrogen) atoms. The lowest BCUT2D eigenvalue weighted by molar-refractivity contribution is -0.0471. The molecule has 1 atom stereocenters. The van der Waals surface area contributed by atoms with Gasteiger partial charge in [0.05, 0.1) is 5.60 Å². The first-order valence-electron chi connectivity index (χ1n) is 4.02. The number of fused-ring (bicyclic) bond motifs is 1. The highest BCUT2D eigenvalue weighted by Crippen LogP contribution is 2.63. The molecule has 2 nitrogen and oxygen atoms in total. The lowest BCUT2D eigenvalue weighted by Gasteiger charge is -2.41. The topological polar surface area (TPSA) is 46.2 Å². The van der Waals surface area contributed by atoms with E-state index in [0.29, 0.717) is 6.54 Å². The Kier molecular flexibility index (Phi) is 1.03. The van der Waals surface area contributed by atoms with Gasteiger partial charge in [-0.15, -0.1) is 0 Å². The first-order chi connectivity index (χ1) is 4.60. The third-order valence-electron chi connectivity index (χ3n) is 3.57. The molecule has 0 aromatic heterocycles. The van der Waals surface area contributed by atoms with Crippen LogP contribution in [0.3, 0.4) is 0 Å². The Morgan fingerprint density at radius 2 is 2.10 bits per heavy atom. The van der Waals surface area contributed by atoms with E-state index in [1.165, 1.54) is 12.8 Å². The number of aliphatic hydroxyl groups is 1. The smallest absolute Gasteiger partial charge is 0.0825 e. The average Bonchev–Trinajstić information content (AvgIpc) is 2.17. The maximum atomic E-state index is 9.94. The molecule has 3 fully saturated rings. The van der Waals surface area contributed by atoms with Crippen LogP contribution in [0.4, 0.5) is 0 Å². The van der Waals surface area contributed by atoms with Crippen LogP contribution in [-0.2, 0) is 0 Å². The van der Waals surface area contributed by atoms with Crippen molar-refractivity contribution < 1.29 is 5.11 Å². The Morgan fingerprint density at radius 1 is 1.50 bits per heavy atom. The van der Waals surface area contributed by atoms with Crippen molar-refractivity contribution in [3.05, 3.63) is 0 Å². The van der Waals surface area contributed by atoms with Gasteiger partial charge >= 0.3 is 0 Å². The fraction of sp³-hybridized carbons (Fsp3) is 1.00. The largest absolute Gasteiger partial charge is 0.388 e. The third-order valence-corrected chi connectivity index (χ3v) is 3.57. The molecule has 0 radical (unpaired) electrons. The summed E-state index contributed by atoms with van der Waals surface area (Å²) in [4.78, 5) is 0. The summed E-state index contributed by atoms with van der Waals surface area (Å²) in [5.41, 5.74) is 5.18. The molecule has 2 heteroatoms. The molecule has 3 saturated carbocycles. The third kappa shape index (κ3) is 0.523. The lowest BCUT2D eigenvalue weighted by atomic mass is 9.67. The fourth-order valence-electron chi connectivity index (χ4n) is 2.79. The van der Waals surface area contributed by atoms with Crippen LogP contribution in [-0.4, -0.2) is 17.3 Å². The van der Waals surface area contributed by atoms with Crippen LogP contribution in [0.5, 0.6) is 0 Å². The summed E-state index contributed by atoms with van der Waals surface area (Å²) >= 11 is 0. The fourth-order valence-corrected chi connectivity index (χ4v) is 2.79. The molecule has 2 bridgehead atoms. The summed E-state index contributed by atoms with van der Waals surface area (Å²) in [5.74, 6) is 0.776. The molecule has 0 aliphatic heterocycles. The first-order valence-corrected chi connectivity index (χ1v) is 4.02. The molecule has 0 spiro atoms. The van der Waals surface area contributed by atoms with E-state index in [1.807, 2.05) is 0 Å². The van der Waals surface area contributed by atoms with Gasteiger partial charge in [-0.1, -0.05) is 6.92 Å². The zero-order valence-corrected chi connectivity index (χ0v) is 6.43. The highest BCUT2D eigenvalue weighted by molar-refractivity contribution is 5.13. The van der Waals surface area contributed by atoms with Crippen molar-refractivity contribution in [3.8, 4) is 0 Å². The highest BCUT2D eigenvalue weighted by Gasteiger charge is 2.62. The molecule has 0 heterocycles. The summed E-state index contributed by atoms with van der Waals surface area (Å²) in [6, 6.07) is 0. The van der Waals surface area contributed by atoms with Crippen molar-refractivity contribution in [2.24, 2.45) is 17.1 Å². The SMILES string of the molecule is CC12CC(C1)CC2(O)CN. The van der Waals surface area contributed by atoms with E-state index in [2.05, 4.69) is 6.92 Å². The van der Waals surface area contributed by atoms with Gasteiger partial charge < -0.3 is 10.8 Å². The van der Waals surface area contributed by atoms with Gasteiger partial charge in [-0.05, 0) is 30.6 Å². The van der Waals surface area contributed by atoms with Gasteiger partial charge in [0.1, 0.15) is 0 Å². The van der Waals surface area contributed by atoms with Gasteiger partial charge in [0.25, 0.3) is 0 Å². The normalized spacial score (nSPS) is 58.5. The number of nitrogens with two attached hydrogens (primary N) is 1. The predicted molar refractivity (Wildman–Crippen MR) is 39.5 cm³/mol. The van der Waals surface area contributed by atoms with Crippen LogP contribution in [0.2, 0.25) is 0 Å². The molecule has 58 valence electrons. The summed E-state index contributed by atoms with van der Waals surface area (Å²) < 4.78 is 0. The quantitative estimate of drug-likeness (QED) is 0.558. The Balaban J connectivity index is 2.25. The Morgan fingerprint density at radius 3 is 2.30 bits per heavy atom. The van der Waals surface area contributed by atoms with Crippen LogP contribution >= 0.6 is 0 Å². The van der Waals surface area contributed by atoms with Crippen LogP contribution in [0, 0.1) is 11.3 Å².